The SMILES string of the molecule is CCCOCCOC(C)C(C)(C)O. The maximum atomic E-state index is 9.52. The van der Waals surface area contributed by atoms with Gasteiger partial charge in [0.1, 0.15) is 0 Å². The van der Waals surface area contributed by atoms with Crippen molar-refractivity contribution in [2.24, 2.45) is 0 Å². The molecule has 1 unspecified atom stereocenters. The van der Waals surface area contributed by atoms with Gasteiger partial charge >= 0.3 is 0 Å². The molecule has 1 atom stereocenters. The maximum absolute atomic E-state index is 9.52. The zero-order chi connectivity index (χ0) is 10.3. The Labute approximate surface area is 81.0 Å². The van der Waals surface area contributed by atoms with E-state index < -0.39 is 5.60 Å². The van der Waals surface area contributed by atoms with Crippen molar-refractivity contribution in [3.05, 3.63) is 0 Å². The fraction of sp³-hybridized carbons (Fsp3) is 1.00. The summed E-state index contributed by atoms with van der Waals surface area (Å²) < 4.78 is 10.6. The van der Waals surface area contributed by atoms with Crippen LogP contribution in [0.2, 0.25) is 0 Å². The molecule has 0 aliphatic carbocycles. The normalized spacial score (nSPS) is 14.5. The van der Waals surface area contributed by atoms with Crippen LogP contribution < -0.4 is 0 Å². The fourth-order valence-electron chi connectivity index (χ4n) is 0.734. The highest BCUT2D eigenvalue weighted by molar-refractivity contribution is 4.73. The molecular weight excluding hydrogens is 168 g/mol. The van der Waals surface area contributed by atoms with Gasteiger partial charge in [-0.3, -0.25) is 0 Å². The molecule has 1 N–H and O–H groups in total. The van der Waals surface area contributed by atoms with Gasteiger partial charge in [0.15, 0.2) is 0 Å². The van der Waals surface area contributed by atoms with Crippen molar-refractivity contribution in [2.45, 2.75) is 45.8 Å². The second kappa shape index (κ2) is 6.35. The van der Waals surface area contributed by atoms with Gasteiger partial charge in [-0.1, -0.05) is 6.92 Å². The maximum Gasteiger partial charge on any atom is 0.0849 e. The third-order valence-electron chi connectivity index (χ3n) is 1.94. The summed E-state index contributed by atoms with van der Waals surface area (Å²) in [5.41, 5.74) is -0.773. The Kier molecular flexibility index (Phi) is 6.29. The van der Waals surface area contributed by atoms with Gasteiger partial charge in [-0.2, -0.15) is 0 Å². The van der Waals surface area contributed by atoms with Crippen LogP contribution in [0.15, 0.2) is 0 Å². The van der Waals surface area contributed by atoms with E-state index in [1.165, 1.54) is 0 Å². The molecule has 0 rings (SSSR count). The second-order valence-electron chi connectivity index (χ2n) is 3.78. The van der Waals surface area contributed by atoms with Gasteiger partial charge in [-0.05, 0) is 27.2 Å². The molecule has 0 bridgehead atoms. The number of hydrogen-bond acceptors (Lipinski definition) is 3. The summed E-state index contributed by atoms with van der Waals surface area (Å²) in [5.74, 6) is 0. The molecule has 0 saturated heterocycles. The van der Waals surface area contributed by atoms with Crippen LogP contribution in [0.4, 0.5) is 0 Å². The van der Waals surface area contributed by atoms with Gasteiger partial charge in [-0.25, -0.2) is 0 Å². The average Bonchev–Trinajstić information content (AvgIpc) is 2.02. The predicted molar refractivity (Wildman–Crippen MR) is 52.8 cm³/mol. The zero-order valence-corrected chi connectivity index (χ0v) is 9.17. The van der Waals surface area contributed by atoms with E-state index >= 15 is 0 Å². The van der Waals surface area contributed by atoms with Gasteiger partial charge < -0.3 is 14.6 Å². The summed E-state index contributed by atoms with van der Waals surface area (Å²) in [6.45, 7) is 9.34. The van der Waals surface area contributed by atoms with E-state index in [0.29, 0.717) is 13.2 Å². The van der Waals surface area contributed by atoms with Crippen molar-refractivity contribution in [1.29, 1.82) is 0 Å². The molecule has 0 saturated carbocycles. The van der Waals surface area contributed by atoms with Crippen LogP contribution in [0.3, 0.4) is 0 Å². The minimum atomic E-state index is -0.773. The smallest absolute Gasteiger partial charge is 0.0849 e. The lowest BCUT2D eigenvalue weighted by Gasteiger charge is -2.25. The Balaban J connectivity index is 3.32. The molecule has 80 valence electrons. The van der Waals surface area contributed by atoms with E-state index in [1.54, 1.807) is 13.8 Å². The summed E-state index contributed by atoms with van der Waals surface area (Å²) in [6.07, 6.45) is 0.874. The van der Waals surface area contributed by atoms with Crippen LogP contribution in [0.5, 0.6) is 0 Å². The summed E-state index contributed by atoms with van der Waals surface area (Å²) in [6, 6.07) is 0. The molecule has 0 aromatic rings. The average molecular weight is 190 g/mol. The van der Waals surface area contributed by atoms with Gasteiger partial charge in [0.2, 0.25) is 0 Å². The molecule has 0 spiro atoms. The van der Waals surface area contributed by atoms with Gasteiger partial charge in [0.25, 0.3) is 0 Å². The van der Waals surface area contributed by atoms with Crippen LogP contribution in [0.25, 0.3) is 0 Å². The minimum absolute atomic E-state index is 0.155. The Hall–Kier alpha value is -0.120. The first-order valence-corrected chi connectivity index (χ1v) is 4.90. The Morgan fingerprint density at radius 3 is 2.31 bits per heavy atom. The Morgan fingerprint density at radius 2 is 1.85 bits per heavy atom. The molecule has 3 heteroatoms. The predicted octanol–water partition coefficient (Wildman–Crippen LogP) is 1.59. The second-order valence-corrected chi connectivity index (χ2v) is 3.78. The van der Waals surface area contributed by atoms with Crippen molar-refractivity contribution in [3.8, 4) is 0 Å². The summed E-state index contributed by atoms with van der Waals surface area (Å²) in [4.78, 5) is 0. The van der Waals surface area contributed by atoms with E-state index in [0.717, 1.165) is 13.0 Å². The molecule has 0 radical (unpaired) electrons. The first kappa shape index (κ1) is 12.9. The van der Waals surface area contributed by atoms with E-state index in [1.807, 2.05) is 6.92 Å². The molecule has 0 aromatic heterocycles. The highest BCUT2D eigenvalue weighted by Crippen LogP contribution is 2.10. The third-order valence-corrected chi connectivity index (χ3v) is 1.94. The molecule has 3 nitrogen and oxygen atoms in total. The highest BCUT2D eigenvalue weighted by atomic mass is 16.5. The van der Waals surface area contributed by atoms with Crippen molar-refractivity contribution in [3.63, 3.8) is 0 Å². The van der Waals surface area contributed by atoms with Crippen molar-refractivity contribution in [2.75, 3.05) is 19.8 Å². The molecule has 13 heavy (non-hydrogen) atoms. The van der Waals surface area contributed by atoms with Crippen LogP contribution in [-0.4, -0.2) is 36.6 Å². The number of hydrogen-bond donors (Lipinski definition) is 1. The van der Waals surface area contributed by atoms with E-state index in [4.69, 9.17) is 9.47 Å². The fourth-order valence-corrected chi connectivity index (χ4v) is 0.734. The number of ether oxygens (including phenoxy) is 2. The summed E-state index contributed by atoms with van der Waals surface area (Å²) in [7, 11) is 0. The summed E-state index contributed by atoms with van der Waals surface area (Å²) in [5, 5.41) is 9.52. The molecular formula is C10H22O3. The van der Waals surface area contributed by atoms with Gasteiger partial charge in [-0.15, -0.1) is 0 Å². The van der Waals surface area contributed by atoms with Crippen LogP contribution in [-0.2, 0) is 9.47 Å². The molecule has 0 aliphatic rings. The standard InChI is InChI=1S/C10H22O3/c1-5-6-12-7-8-13-9(2)10(3,4)11/h9,11H,5-8H2,1-4H3. The largest absolute Gasteiger partial charge is 0.388 e. The molecule has 0 heterocycles. The number of aliphatic hydroxyl groups is 1. The van der Waals surface area contributed by atoms with E-state index in [2.05, 4.69) is 6.92 Å². The van der Waals surface area contributed by atoms with Crippen LogP contribution in [0.1, 0.15) is 34.1 Å². The quantitative estimate of drug-likeness (QED) is 0.620. The summed E-state index contributed by atoms with van der Waals surface area (Å²) >= 11 is 0. The first-order chi connectivity index (χ1) is 5.98. The minimum Gasteiger partial charge on any atom is -0.388 e. The lowest BCUT2D eigenvalue weighted by Crippen LogP contribution is -2.36. The van der Waals surface area contributed by atoms with Crippen molar-refractivity contribution < 1.29 is 14.6 Å². The van der Waals surface area contributed by atoms with E-state index in [9.17, 15) is 5.11 Å². The molecule has 0 aliphatic heterocycles. The molecule has 0 amide bonds. The van der Waals surface area contributed by atoms with Crippen molar-refractivity contribution in [1.82, 2.24) is 0 Å². The topological polar surface area (TPSA) is 38.7 Å². The number of rotatable bonds is 7. The highest BCUT2D eigenvalue weighted by Gasteiger charge is 2.22. The van der Waals surface area contributed by atoms with Crippen LogP contribution in [0, 0.1) is 0 Å². The van der Waals surface area contributed by atoms with Gasteiger partial charge in [0.05, 0.1) is 24.9 Å². The van der Waals surface area contributed by atoms with Crippen LogP contribution >= 0.6 is 0 Å². The van der Waals surface area contributed by atoms with Gasteiger partial charge in [0, 0.05) is 6.61 Å². The first-order valence-electron chi connectivity index (χ1n) is 4.90. The lowest BCUT2D eigenvalue weighted by molar-refractivity contribution is -0.0898. The van der Waals surface area contributed by atoms with E-state index in [-0.39, 0.29) is 6.10 Å². The van der Waals surface area contributed by atoms with Crippen molar-refractivity contribution >= 4 is 0 Å². The monoisotopic (exact) mass is 190 g/mol. The molecule has 0 aromatic carbocycles. The lowest BCUT2D eigenvalue weighted by atomic mass is 10.0. The molecule has 0 fully saturated rings. The Morgan fingerprint density at radius 1 is 1.23 bits per heavy atom. The Bertz CT molecular complexity index is 118. The third kappa shape index (κ3) is 6.99. The zero-order valence-electron chi connectivity index (χ0n) is 9.17.